The molecule has 0 aliphatic carbocycles. The van der Waals surface area contributed by atoms with Gasteiger partial charge in [0.05, 0.1) is 23.7 Å². The van der Waals surface area contributed by atoms with E-state index in [1.54, 1.807) is 6.20 Å². The Bertz CT molecular complexity index is 346. The normalized spacial score (nSPS) is 19.8. The number of aliphatic hydroxyl groups is 1. The largest absolute Gasteiger partial charge is 0.397 e. The Kier molecular flexibility index (Phi) is 3.29. The first kappa shape index (κ1) is 11.2. The van der Waals surface area contributed by atoms with Crippen molar-refractivity contribution in [3.63, 3.8) is 0 Å². The maximum absolute atomic E-state index is 9.53. The van der Waals surface area contributed by atoms with Crippen LogP contribution in [-0.2, 0) is 0 Å². The van der Waals surface area contributed by atoms with Crippen LogP contribution in [0.15, 0.2) is 18.5 Å². The van der Waals surface area contributed by atoms with Crippen LogP contribution in [0.4, 0.5) is 11.4 Å². The molecule has 4 heteroatoms. The second kappa shape index (κ2) is 4.70. The molecular formula is C12H19N3O. The van der Waals surface area contributed by atoms with Gasteiger partial charge in [-0.15, -0.1) is 0 Å². The summed E-state index contributed by atoms with van der Waals surface area (Å²) in [7, 11) is 0. The first-order chi connectivity index (χ1) is 7.66. The molecule has 0 radical (unpaired) electrons. The van der Waals surface area contributed by atoms with Crippen molar-refractivity contribution >= 4 is 11.4 Å². The van der Waals surface area contributed by atoms with Gasteiger partial charge in [0, 0.05) is 19.3 Å². The Morgan fingerprint density at radius 2 is 2.12 bits per heavy atom. The van der Waals surface area contributed by atoms with E-state index in [0.717, 1.165) is 31.6 Å². The molecule has 1 fully saturated rings. The van der Waals surface area contributed by atoms with E-state index in [9.17, 15) is 5.11 Å². The average molecular weight is 221 g/mol. The summed E-state index contributed by atoms with van der Waals surface area (Å²) in [6.45, 7) is 3.82. The molecule has 1 aliphatic heterocycles. The molecule has 0 bridgehead atoms. The summed E-state index contributed by atoms with van der Waals surface area (Å²) in [5, 5.41) is 9.53. The molecule has 2 rings (SSSR count). The predicted octanol–water partition coefficient (Wildman–Crippen LogP) is 1.26. The summed E-state index contributed by atoms with van der Waals surface area (Å²) in [6, 6.07) is 1.95. The molecule has 2 heterocycles. The third-order valence-electron chi connectivity index (χ3n) is 3.33. The van der Waals surface area contributed by atoms with Crippen molar-refractivity contribution in [1.29, 1.82) is 0 Å². The molecule has 16 heavy (non-hydrogen) atoms. The maximum atomic E-state index is 9.53. The Morgan fingerprint density at radius 1 is 1.44 bits per heavy atom. The molecule has 0 spiro atoms. The minimum atomic E-state index is -0.193. The minimum absolute atomic E-state index is 0.193. The molecule has 0 saturated carbocycles. The fourth-order valence-electron chi connectivity index (χ4n) is 2.26. The molecule has 4 nitrogen and oxygen atoms in total. The number of aliphatic hydroxyl groups excluding tert-OH is 1. The van der Waals surface area contributed by atoms with E-state index >= 15 is 0 Å². The van der Waals surface area contributed by atoms with Gasteiger partial charge in [0.15, 0.2) is 0 Å². The lowest BCUT2D eigenvalue weighted by atomic mass is 9.92. The number of hydrogen-bond acceptors (Lipinski definition) is 4. The molecule has 1 unspecified atom stereocenters. The predicted molar refractivity (Wildman–Crippen MR) is 65.3 cm³/mol. The molecule has 1 aromatic rings. The average Bonchev–Trinajstić information content (AvgIpc) is 2.29. The third-order valence-corrected chi connectivity index (χ3v) is 3.33. The smallest absolute Gasteiger partial charge is 0.0573 e. The second-order valence-electron chi connectivity index (χ2n) is 4.54. The van der Waals surface area contributed by atoms with Crippen molar-refractivity contribution in [2.45, 2.75) is 25.9 Å². The van der Waals surface area contributed by atoms with Gasteiger partial charge in [0.2, 0.25) is 0 Å². The van der Waals surface area contributed by atoms with E-state index in [0.29, 0.717) is 11.6 Å². The summed E-state index contributed by atoms with van der Waals surface area (Å²) in [5.74, 6) is 0.435. The molecule has 1 aromatic heterocycles. The van der Waals surface area contributed by atoms with Gasteiger partial charge in [0.1, 0.15) is 0 Å². The van der Waals surface area contributed by atoms with Crippen LogP contribution in [0.25, 0.3) is 0 Å². The SMILES string of the molecule is CC(O)C1CCN(c2cncc(N)c2)CC1. The van der Waals surface area contributed by atoms with Crippen molar-refractivity contribution in [3.05, 3.63) is 18.5 Å². The van der Waals surface area contributed by atoms with Crippen LogP contribution < -0.4 is 10.6 Å². The number of nitrogens with zero attached hydrogens (tertiary/aromatic N) is 2. The molecule has 0 aromatic carbocycles. The van der Waals surface area contributed by atoms with Crippen molar-refractivity contribution in [3.8, 4) is 0 Å². The molecular weight excluding hydrogens is 202 g/mol. The number of pyridine rings is 1. The molecule has 0 amide bonds. The number of rotatable bonds is 2. The van der Waals surface area contributed by atoms with Gasteiger partial charge < -0.3 is 15.7 Å². The third kappa shape index (κ3) is 2.44. The second-order valence-corrected chi connectivity index (χ2v) is 4.54. The van der Waals surface area contributed by atoms with Crippen molar-refractivity contribution in [1.82, 2.24) is 4.98 Å². The van der Waals surface area contributed by atoms with Crippen molar-refractivity contribution < 1.29 is 5.11 Å². The van der Waals surface area contributed by atoms with Crippen LogP contribution in [0, 0.1) is 5.92 Å². The fourth-order valence-corrected chi connectivity index (χ4v) is 2.26. The van der Waals surface area contributed by atoms with E-state index in [1.165, 1.54) is 0 Å². The monoisotopic (exact) mass is 221 g/mol. The highest BCUT2D eigenvalue weighted by molar-refractivity contribution is 5.53. The summed E-state index contributed by atoms with van der Waals surface area (Å²) in [4.78, 5) is 6.38. The minimum Gasteiger partial charge on any atom is -0.397 e. The number of anilines is 2. The molecule has 1 aliphatic rings. The highest BCUT2D eigenvalue weighted by Crippen LogP contribution is 2.25. The number of aromatic nitrogens is 1. The van der Waals surface area contributed by atoms with Crippen LogP contribution in [0.2, 0.25) is 0 Å². The highest BCUT2D eigenvalue weighted by Gasteiger charge is 2.22. The van der Waals surface area contributed by atoms with Crippen molar-refractivity contribution in [2.24, 2.45) is 5.92 Å². The van der Waals surface area contributed by atoms with Crippen LogP contribution >= 0.6 is 0 Å². The van der Waals surface area contributed by atoms with Gasteiger partial charge in [-0.1, -0.05) is 0 Å². The molecule has 1 saturated heterocycles. The summed E-state index contributed by atoms with van der Waals surface area (Å²) >= 11 is 0. The summed E-state index contributed by atoms with van der Waals surface area (Å²) in [6.07, 6.45) is 5.38. The Morgan fingerprint density at radius 3 is 2.69 bits per heavy atom. The lowest BCUT2D eigenvalue weighted by Crippen LogP contribution is -2.37. The lowest BCUT2D eigenvalue weighted by Gasteiger charge is -2.34. The number of hydrogen-bond donors (Lipinski definition) is 2. The summed E-state index contributed by atoms with van der Waals surface area (Å²) in [5.41, 5.74) is 7.50. The number of nitrogens with two attached hydrogens (primary N) is 1. The maximum Gasteiger partial charge on any atom is 0.0573 e. The lowest BCUT2D eigenvalue weighted by molar-refractivity contribution is 0.110. The van der Waals surface area contributed by atoms with Gasteiger partial charge >= 0.3 is 0 Å². The molecule has 1 atom stereocenters. The van der Waals surface area contributed by atoms with Crippen LogP contribution in [-0.4, -0.2) is 29.3 Å². The topological polar surface area (TPSA) is 62.4 Å². The number of piperidine rings is 1. The molecule has 3 N–H and O–H groups in total. The highest BCUT2D eigenvalue weighted by atomic mass is 16.3. The van der Waals surface area contributed by atoms with Gasteiger partial charge in [0.25, 0.3) is 0 Å². The zero-order valence-corrected chi connectivity index (χ0v) is 9.63. The van der Waals surface area contributed by atoms with Gasteiger partial charge in [-0.05, 0) is 31.7 Å². The first-order valence-electron chi connectivity index (χ1n) is 5.80. The van der Waals surface area contributed by atoms with Gasteiger partial charge in [-0.2, -0.15) is 0 Å². The van der Waals surface area contributed by atoms with E-state index in [-0.39, 0.29) is 6.10 Å². The van der Waals surface area contributed by atoms with Crippen LogP contribution in [0.3, 0.4) is 0 Å². The Balaban J connectivity index is 1.99. The van der Waals surface area contributed by atoms with E-state index in [4.69, 9.17) is 5.73 Å². The first-order valence-corrected chi connectivity index (χ1v) is 5.80. The summed E-state index contributed by atoms with van der Waals surface area (Å²) < 4.78 is 0. The van der Waals surface area contributed by atoms with E-state index in [1.807, 2.05) is 19.2 Å². The van der Waals surface area contributed by atoms with Gasteiger partial charge in [-0.3, -0.25) is 4.98 Å². The van der Waals surface area contributed by atoms with Crippen LogP contribution in [0.1, 0.15) is 19.8 Å². The zero-order chi connectivity index (χ0) is 11.5. The van der Waals surface area contributed by atoms with E-state index in [2.05, 4.69) is 9.88 Å². The standard InChI is InChI=1S/C12H19N3O/c1-9(16)10-2-4-15(5-3-10)12-6-11(13)7-14-8-12/h6-10,16H,2-5,13H2,1H3. The van der Waals surface area contributed by atoms with Crippen LogP contribution in [0.5, 0.6) is 0 Å². The van der Waals surface area contributed by atoms with Crippen molar-refractivity contribution in [2.75, 3.05) is 23.7 Å². The molecule has 88 valence electrons. The fraction of sp³-hybridized carbons (Fsp3) is 0.583. The van der Waals surface area contributed by atoms with E-state index < -0.39 is 0 Å². The Hall–Kier alpha value is -1.29. The number of nitrogen functional groups attached to an aromatic ring is 1. The Labute approximate surface area is 96.1 Å². The zero-order valence-electron chi connectivity index (χ0n) is 9.63. The van der Waals surface area contributed by atoms with Gasteiger partial charge in [-0.25, -0.2) is 0 Å². The quantitative estimate of drug-likeness (QED) is 0.789.